The van der Waals surface area contributed by atoms with E-state index in [1.165, 1.54) is 154 Å². The van der Waals surface area contributed by atoms with Crippen molar-refractivity contribution in [3.05, 3.63) is 0 Å². The first-order valence-corrected chi connectivity index (χ1v) is 17.3. The van der Waals surface area contributed by atoms with Crippen molar-refractivity contribution in [2.75, 3.05) is 13.2 Å². The number of carbonyl (C=O) groups is 1. The highest BCUT2D eigenvalue weighted by Gasteiger charge is 2.08. The Hall–Kier alpha value is -0.890. The molecule has 0 N–H and O–H groups in total. The van der Waals surface area contributed by atoms with Crippen LogP contribution in [0, 0.1) is 0 Å². The molecule has 0 atom stereocenters. The lowest BCUT2D eigenvalue weighted by Gasteiger charge is -2.04. The van der Waals surface area contributed by atoms with Gasteiger partial charge < -0.3 is 0 Å². The molecule has 0 bridgehead atoms. The Kier molecular flexibility index (Phi) is 35.3. The summed E-state index contributed by atoms with van der Waals surface area (Å²) in [5.74, 6) is 0. The van der Waals surface area contributed by atoms with Gasteiger partial charge in [0.25, 0.3) is 0 Å². The molecule has 0 radical (unpaired) electrons. The molecule has 240 valence electrons. The van der Waals surface area contributed by atoms with Gasteiger partial charge in [-0.3, -0.25) is 0 Å². The van der Waals surface area contributed by atoms with Gasteiger partial charge in [-0.25, -0.2) is 9.78 Å². The molecule has 0 fully saturated rings. The summed E-state index contributed by atoms with van der Waals surface area (Å²) < 4.78 is 0. The molecule has 0 aliphatic rings. The van der Waals surface area contributed by atoms with E-state index in [0.717, 1.165) is 25.7 Å². The van der Waals surface area contributed by atoms with Crippen molar-refractivity contribution in [1.82, 2.24) is 0 Å². The SMILES string of the molecule is CCCCCCCCCCCCCCCCOOOC(=O)OOOCCCCCCCCCCCCCCCC. The van der Waals surface area contributed by atoms with E-state index in [1.807, 2.05) is 0 Å². The molecule has 0 aromatic rings. The Balaban J connectivity index is 3.14. The first-order valence-electron chi connectivity index (χ1n) is 17.3. The zero-order chi connectivity index (χ0) is 29.0. The lowest BCUT2D eigenvalue weighted by molar-refractivity contribution is -0.527. The smallest absolute Gasteiger partial charge is 0.226 e. The van der Waals surface area contributed by atoms with Crippen LogP contribution >= 0.6 is 0 Å². The molecular weight excluding hydrogens is 508 g/mol. The minimum atomic E-state index is -1.16. The number of carbonyl (C=O) groups excluding carboxylic acids is 1. The highest BCUT2D eigenvalue weighted by Crippen LogP contribution is 2.14. The maximum Gasteiger partial charge on any atom is 0.577 e. The van der Waals surface area contributed by atoms with Crippen LogP contribution < -0.4 is 0 Å². The molecule has 0 rings (SSSR count). The van der Waals surface area contributed by atoms with Crippen LogP contribution in [0.15, 0.2) is 0 Å². The summed E-state index contributed by atoms with van der Waals surface area (Å²) >= 11 is 0. The lowest BCUT2D eigenvalue weighted by atomic mass is 10.0. The second kappa shape index (κ2) is 36.1. The molecule has 7 heteroatoms. The monoisotopic (exact) mass is 574 g/mol. The average molecular weight is 575 g/mol. The van der Waals surface area contributed by atoms with Crippen molar-refractivity contribution in [3.8, 4) is 0 Å². The summed E-state index contributed by atoms with van der Waals surface area (Å²) in [6.07, 6.45) is 35.1. The number of hydrogen-bond acceptors (Lipinski definition) is 7. The Morgan fingerprint density at radius 1 is 0.350 bits per heavy atom. The van der Waals surface area contributed by atoms with E-state index < -0.39 is 6.16 Å². The van der Waals surface area contributed by atoms with Crippen molar-refractivity contribution in [2.24, 2.45) is 0 Å². The van der Waals surface area contributed by atoms with Crippen molar-refractivity contribution >= 4 is 6.16 Å². The Morgan fingerprint density at radius 3 is 0.825 bits per heavy atom. The molecule has 40 heavy (non-hydrogen) atoms. The van der Waals surface area contributed by atoms with Gasteiger partial charge in [-0.1, -0.05) is 181 Å². The molecule has 0 aromatic carbocycles. The van der Waals surface area contributed by atoms with Crippen molar-refractivity contribution in [3.63, 3.8) is 0 Å². The van der Waals surface area contributed by atoms with Gasteiger partial charge in [0.2, 0.25) is 0 Å². The van der Waals surface area contributed by atoms with E-state index >= 15 is 0 Å². The molecule has 0 amide bonds. The minimum Gasteiger partial charge on any atom is -0.226 e. The van der Waals surface area contributed by atoms with Crippen molar-refractivity contribution in [1.29, 1.82) is 0 Å². The predicted molar refractivity (Wildman–Crippen MR) is 162 cm³/mol. The highest BCUT2D eigenvalue weighted by molar-refractivity contribution is 5.57. The van der Waals surface area contributed by atoms with Crippen LogP contribution in [0.5, 0.6) is 0 Å². The first-order chi connectivity index (χ1) is 19.8. The quantitative estimate of drug-likeness (QED) is 0.0430. The van der Waals surface area contributed by atoms with Crippen LogP contribution in [0.3, 0.4) is 0 Å². The fourth-order valence-electron chi connectivity index (χ4n) is 4.90. The maximum atomic E-state index is 11.3. The number of rotatable bonds is 34. The van der Waals surface area contributed by atoms with E-state index in [1.54, 1.807) is 0 Å². The van der Waals surface area contributed by atoms with Crippen LogP contribution in [0.25, 0.3) is 0 Å². The molecule has 0 saturated heterocycles. The largest absolute Gasteiger partial charge is 0.577 e. The van der Waals surface area contributed by atoms with Gasteiger partial charge in [-0.05, 0) is 22.9 Å². The van der Waals surface area contributed by atoms with Gasteiger partial charge >= 0.3 is 6.16 Å². The summed E-state index contributed by atoms with van der Waals surface area (Å²) in [5.41, 5.74) is 0. The standard InChI is InChI=1S/C33H66O7/c1-3-5-7-9-11-13-15-17-19-21-23-25-27-29-31-35-39-37-33(34)38-40-36-32-30-28-26-24-22-20-18-16-14-12-10-8-6-4-2/h3-32H2,1-2H3. The molecule has 0 heterocycles. The zero-order valence-corrected chi connectivity index (χ0v) is 26.6. The van der Waals surface area contributed by atoms with Gasteiger partial charge in [0.15, 0.2) is 0 Å². The third-order valence-electron chi connectivity index (χ3n) is 7.46. The van der Waals surface area contributed by atoms with Gasteiger partial charge in [-0.2, -0.15) is 14.6 Å². The fourth-order valence-corrected chi connectivity index (χ4v) is 4.90. The molecule has 0 aliphatic carbocycles. The van der Waals surface area contributed by atoms with Crippen LogP contribution in [0.4, 0.5) is 4.79 Å². The van der Waals surface area contributed by atoms with Crippen LogP contribution in [-0.4, -0.2) is 19.4 Å². The van der Waals surface area contributed by atoms with E-state index in [4.69, 9.17) is 9.78 Å². The normalized spacial score (nSPS) is 11.2. The molecule has 0 spiro atoms. The highest BCUT2D eigenvalue weighted by atomic mass is 17.6. The summed E-state index contributed by atoms with van der Waals surface area (Å²) in [4.78, 5) is 29.6. The fraction of sp³-hybridized carbons (Fsp3) is 0.970. The predicted octanol–water partition coefficient (Wildman–Crippen LogP) is 11.8. The van der Waals surface area contributed by atoms with Crippen LogP contribution in [0.2, 0.25) is 0 Å². The second-order valence-corrected chi connectivity index (χ2v) is 11.4. The second-order valence-electron chi connectivity index (χ2n) is 11.4. The third-order valence-corrected chi connectivity index (χ3v) is 7.46. The molecule has 0 saturated carbocycles. The van der Waals surface area contributed by atoms with Gasteiger partial charge in [0.05, 0.1) is 13.2 Å². The van der Waals surface area contributed by atoms with Crippen LogP contribution in [-0.2, 0) is 29.6 Å². The van der Waals surface area contributed by atoms with Gasteiger partial charge in [0.1, 0.15) is 0 Å². The van der Waals surface area contributed by atoms with E-state index in [-0.39, 0.29) is 0 Å². The first kappa shape index (κ1) is 39.1. The minimum absolute atomic E-state index is 0.363. The molecule has 0 aliphatic heterocycles. The lowest BCUT2D eigenvalue weighted by Crippen LogP contribution is -2.10. The Bertz CT molecular complexity index is 436. The average Bonchev–Trinajstić information content (AvgIpc) is 2.96. The Morgan fingerprint density at radius 2 is 0.575 bits per heavy atom. The van der Waals surface area contributed by atoms with E-state index in [2.05, 4.69) is 33.7 Å². The third kappa shape index (κ3) is 35.1. The van der Waals surface area contributed by atoms with E-state index in [9.17, 15) is 4.79 Å². The number of unbranched alkanes of at least 4 members (excludes halogenated alkanes) is 26. The summed E-state index contributed by atoms with van der Waals surface area (Å²) in [6, 6.07) is 0. The van der Waals surface area contributed by atoms with Gasteiger partial charge in [-0.15, -0.1) is 0 Å². The van der Waals surface area contributed by atoms with Crippen LogP contribution in [0.1, 0.15) is 194 Å². The number of hydrogen-bond donors (Lipinski definition) is 0. The summed E-state index contributed by atoms with van der Waals surface area (Å²) in [5, 5.41) is 8.76. The van der Waals surface area contributed by atoms with Gasteiger partial charge in [0, 0.05) is 0 Å². The maximum absolute atomic E-state index is 11.3. The molecule has 0 unspecified atom stereocenters. The molecule has 7 nitrogen and oxygen atoms in total. The van der Waals surface area contributed by atoms with Crippen molar-refractivity contribution in [2.45, 2.75) is 194 Å². The molecular formula is C33H66O7. The summed E-state index contributed by atoms with van der Waals surface area (Å²) in [6.45, 7) is 5.26. The van der Waals surface area contributed by atoms with Crippen molar-refractivity contribution < 1.29 is 34.4 Å². The zero-order valence-electron chi connectivity index (χ0n) is 26.6. The Labute approximate surface area is 247 Å². The summed E-state index contributed by atoms with van der Waals surface area (Å²) in [7, 11) is 0. The van der Waals surface area contributed by atoms with E-state index in [0.29, 0.717) is 13.2 Å². The topological polar surface area (TPSA) is 72.5 Å². The molecule has 0 aromatic heterocycles.